The molecule has 132 valence electrons. The highest BCUT2D eigenvalue weighted by Crippen LogP contribution is 2.31. The lowest BCUT2D eigenvalue weighted by Gasteiger charge is -2.23. The summed E-state index contributed by atoms with van der Waals surface area (Å²) >= 11 is 0. The van der Waals surface area contributed by atoms with Gasteiger partial charge in [0.05, 0.1) is 0 Å². The van der Waals surface area contributed by atoms with Gasteiger partial charge in [-0.05, 0) is 25.1 Å². The number of urea groups is 2. The standard InChI is InChI=1S/C15H14F2N4O4/c1-15(9-6-8(16)2-3-10(9)17)12(23)21(14(25)19-15)7-11(22)20-5-4-18-13(20)24/h2-3,6H,4-5,7H2,1H3,(H,18,24)(H,19,25)/t15-/m1/s1. The highest BCUT2D eigenvalue weighted by molar-refractivity contribution is 6.10. The maximum absolute atomic E-state index is 14.0. The van der Waals surface area contributed by atoms with Crippen LogP contribution in [0.15, 0.2) is 18.2 Å². The van der Waals surface area contributed by atoms with E-state index in [1.54, 1.807) is 0 Å². The quantitative estimate of drug-likeness (QED) is 0.764. The molecule has 2 N–H and O–H groups in total. The summed E-state index contributed by atoms with van der Waals surface area (Å²) < 4.78 is 27.5. The molecule has 6 amide bonds. The Hall–Kier alpha value is -3.04. The first-order chi connectivity index (χ1) is 11.7. The smallest absolute Gasteiger partial charge is 0.325 e. The maximum Gasteiger partial charge on any atom is 0.325 e. The fraction of sp³-hybridized carbons (Fsp3) is 0.333. The van der Waals surface area contributed by atoms with Gasteiger partial charge in [0.25, 0.3) is 11.8 Å². The van der Waals surface area contributed by atoms with Gasteiger partial charge in [-0.1, -0.05) is 0 Å². The number of hydrogen-bond acceptors (Lipinski definition) is 4. The van der Waals surface area contributed by atoms with Crippen LogP contribution < -0.4 is 10.6 Å². The van der Waals surface area contributed by atoms with Crippen LogP contribution in [0, 0.1) is 11.6 Å². The van der Waals surface area contributed by atoms with Crippen molar-refractivity contribution in [1.82, 2.24) is 20.4 Å². The second-order valence-electron chi connectivity index (χ2n) is 5.85. The van der Waals surface area contributed by atoms with Crippen molar-refractivity contribution in [3.05, 3.63) is 35.4 Å². The minimum atomic E-state index is -1.85. The number of rotatable bonds is 3. The average Bonchev–Trinajstić information content (AvgIpc) is 3.07. The van der Waals surface area contributed by atoms with Gasteiger partial charge in [-0.25, -0.2) is 18.4 Å². The van der Waals surface area contributed by atoms with E-state index >= 15 is 0 Å². The van der Waals surface area contributed by atoms with Gasteiger partial charge >= 0.3 is 12.1 Å². The third-order valence-corrected chi connectivity index (χ3v) is 4.19. The molecule has 0 aliphatic carbocycles. The molecule has 2 fully saturated rings. The zero-order valence-electron chi connectivity index (χ0n) is 13.1. The van der Waals surface area contributed by atoms with Crippen molar-refractivity contribution in [2.24, 2.45) is 0 Å². The monoisotopic (exact) mass is 352 g/mol. The summed E-state index contributed by atoms with van der Waals surface area (Å²) in [5, 5.41) is 4.71. The summed E-state index contributed by atoms with van der Waals surface area (Å²) in [4.78, 5) is 49.8. The molecule has 8 nitrogen and oxygen atoms in total. The second-order valence-corrected chi connectivity index (χ2v) is 5.85. The molecule has 0 radical (unpaired) electrons. The Bertz CT molecular complexity index is 800. The van der Waals surface area contributed by atoms with Crippen LogP contribution in [0.25, 0.3) is 0 Å². The molecule has 1 aromatic rings. The van der Waals surface area contributed by atoms with E-state index in [0.717, 1.165) is 23.1 Å². The predicted molar refractivity (Wildman–Crippen MR) is 79.1 cm³/mol. The summed E-state index contributed by atoms with van der Waals surface area (Å²) in [7, 11) is 0. The summed E-state index contributed by atoms with van der Waals surface area (Å²) in [6.45, 7) is 0.941. The minimum absolute atomic E-state index is 0.122. The van der Waals surface area contributed by atoms with Gasteiger partial charge in [0.15, 0.2) is 0 Å². The molecule has 1 atom stereocenters. The highest BCUT2D eigenvalue weighted by atomic mass is 19.1. The fourth-order valence-electron chi connectivity index (χ4n) is 2.83. The zero-order chi connectivity index (χ0) is 18.4. The Kier molecular flexibility index (Phi) is 3.90. The minimum Gasteiger partial charge on any atom is -0.336 e. The van der Waals surface area contributed by atoms with Crippen LogP contribution in [0.2, 0.25) is 0 Å². The number of amides is 6. The van der Waals surface area contributed by atoms with Crippen molar-refractivity contribution in [2.75, 3.05) is 19.6 Å². The van der Waals surface area contributed by atoms with Crippen molar-refractivity contribution >= 4 is 23.9 Å². The number of carbonyl (C=O) groups excluding carboxylic acids is 4. The van der Waals surface area contributed by atoms with E-state index in [0.29, 0.717) is 4.90 Å². The molecule has 2 aliphatic heterocycles. The fourth-order valence-corrected chi connectivity index (χ4v) is 2.83. The lowest BCUT2D eigenvalue weighted by atomic mass is 9.91. The van der Waals surface area contributed by atoms with Gasteiger partial charge in [-0.3, -0.25) is 19.4 Å². The number of carbonyl (C=O) groups is 4. The molecule has 25 heavy (non-hydrogen) atoms. The van der Waals surface area contributed by atoms with Gasteiger partial charge in [-0.15, -0.1) is 0 Å². The molecule has 2 aliphatic rings. The highest BCUT2D eigenvalue weighted by Gasteiger charge is 2.51. The molecule has 2 saturated heterocycles. The van der Waals surface area contributed by atoms with E-state index in [2.05, 4.69) is 10.6 Å². The number of hydrogen-bond donors (Lipinski definition) is 2. The van der Waals surface area contributed by atoms with E-state index in [1.807, 2.05) is 0 Å². The Morgan fingerprint density at radius 3 is 2.60 bits per heavy atom. The van der Waals surface area contributed by atoms with Crippen LogP contribution >= 0.6 is 0 Å². The Morgan fingerprint density at radius 2 is 1.96 bits per heavy atom. The molecule has 1 aromatic carbocycles. The Balaban J connectivity index is 1.86. The normalized spacial score (nSPS) is 23.1. The number of imide groups is 2. The van der Waals surface area contributed by atoms with E-state index in [1.165, 1.54) is 6.92 Å². The molecular formula is C15H14F2N4O4. The van der Waals surface area contributed by atoms with Crippen LogP contribution in [0.1, 0.15) is 12.5 Å². The summed E-state index contributed by atoms with van der Waals surface area (Å²) in [6.07, 6.45) is 0. The van der Waals surface area contributed by atoms with Crippen molar-refractivity contribution in [3.63, 3.8) is 0 Å². The zero-order valence-corrected chi connectivity index (χ0v) is 13.1. The van der Waals surface area contributed by atoms with Crippen LogP contribution in [-0.2, 0) is 15.1 Å². The van der Waals surface area contributed by atoms with Crippen LogP contribution in [0.3, 0.4) is 0 Å². The Labute approximate surface area is 140 Å². The number of benzene rings is 1. The van der Waals surface area contributed by atoms with Gasteiger partial charge in [0.1, 0.15) is 23.7 Å². The first-order valence-corrected chi connectivity index (χ1v) is 7.42. The van der Waals surface area contributed by atoms with Crippen LogP contribution in [0.5, 0.6) is 0 Å². The van der Waals surface area contributed by atoms with E-state index in [9.17, 15) is 28.0 Å². The molecule has 0 aromatic heterocycles. The second kappa shape index (κ2) is 5.80. The number of halogens is 2. The molecule has 3 rings (SSSR count). The summed E-state index contributed by atoms with van der Waals surface area (Å²) in [5.74, 6) is -3.30. The number of nitrogens with one attached hydrogen (secondary N) is 2. The first-order valence-electron chi connectivity index (χ1n) is 7.42. The van der Waals surface area contributed by atoms with Crippen molar-refractivity contribution in [1.29, 1.82) is 0 Å². The molecule has 10 heteroatoms. The molecule has 0 spiro atoms. The van der Waals surface area contributed by atoms with Gasteiger partial charge < -0.3 is 10.6 Å². The van der Waals surface area contributed by atoms with E-state index in [4.69, 9.17) is 0 Å². The summed E-state index contributed by atoms with van der Waals surface area (Å²) in [5.41, 5.74) is -2.20. The van der Waals surface area contributed by atoms with Gasteiger partial charge in [-0.2, -0.15) is 0 Å². The third-order valence-electron chi connectivity index (χ3n) is 4.19. The van der Waals surface area contributed by atoms with Crippen LogP contribution in [0.4, 0.5) is 18.4 Å². The molecule has 2 heterocycles. The first kappa shape index (κ1) is 16.8. The maximum atomic E-state index is 14.0. The predicted octanol–water partition coefficient (Wildman–Crippen LogP) is 0.284. The van der Waals surface area contributed by atoms with Crippen molar-refractivity contribution < 1.29 is 28.0 Å². The molecule has 0 saturated carbocycles. The lowest BCUT2D eigenvalue weighted by Crippen LogP contribution is -2.45. The SMILES string of the molecule is C[C@]1(c2cc(F)ccc2F)NC(=O)N(CC(=O)N2CCNC2=O)C1=O. The molecule has 0 bridgehead atoms. The van der Waals surface area contributed by atoms with Crippen LogP contribution in [-0.4, -0.2) is 53.3 Å². The summed E-state index contributed by atoms with van der Waals surface area (Å²) in [6, 6.07) is 1.00. The topological polar surface area (TPSA) is 98.8 Å². The lowest BCUT2D eigenvalue weighted by molar-refractivity contribution is -0.137. The van der Waals surface area contributed by atoms with Gasteiger partial charge in [0, 0.05) is 18.7 Å². The van der Waals surface area contributed by atoms with E-state index in [-0.39, 0.29) is 18.7 Å². The average molecular weight is 352 g/mol. The molecular weight excluding hydrogens is 338 g/mol. The van der Waals surface area contributed by atoms with Gasteiger partial charge in [0.2, 0.25) is 0 Å². The van der Waals surface area contributed by atoms with Crippen molar-refractivity contribution in [3.8, 4) is 0 Å². The largest absolute Gasteiger partial charge is 0.336 e. The number of nitrogens with zero attached hydrogens (tertiary/aromatic N) is 2. The van der Waals surface area contributed by atoms with E-state index < -0.39 is 47.6 Å². The third kappa shape index (κ3) is 2.69. The molecule has 0 unspecified atom stereocenters. The van der Waals surface area contributed by atoms with Crippen molar-refractivity contribution in [2.45, 2.75) is 12.5 Å². The Morgan fingerprint density at radius 1 is 1.24 bits per heavy atom.